The molecule has 5 rings (SSSR count). The molecule has 2 aliphatic heterocycles. The Morgan fingerprint density at radius 3 is 2.33 bits per heavy atom. The SMILES string of the molecule is O=C(c1ccc(-n2cncn2)cc1)N1CCN(S(=O)(=O)c2ccc3c(c2)OCCCO3)CC1. The van der Waals surface area contributed by atoms with Gasteiger partial charge in [0.1, 0.15) is 12.7 Å². The summed E-state index contributed by atoms with van der Waals surface area (Å²) in [5.74, 6) is 0.862. The monoisotopic (exact) mass is 469 g/mol. The van der Waals surface area contributed by atoms with Crippen molar-refractivity contribution >= 4 is 15.9 Å². The summed E-state index contributed by atoms with van der Waals surface area (Å²) in [5, 5.41) is 4.07. The summed E-state index contributed by atoms with van der Waals surface area (Å²) in [4.78, 5) is 18.7. The highest BCUT2D eigenvalue weighted by Crippen LogP contribution is 2.33. The molecule has 1 fully saturated rings. The second-order valence-corrected chi connectivity index (χ2v) is 9.68. The molecule has 10 nitrogen and oxygen atoms in total. The molecule has 3 heterocycles. The van der Waals surface area contributed by atoms with E-state index in [0.29, 0.717) is 43.4 Å². The van der Waals surface area contributed by atoms with Gasteiger partial charge in [0, 0.05) is 44.2 Å². The van der Waals surface area contributed by atoms with Crippen LogP contribution in [0.1, 0.15) is 16.8 Å². The molecule has 0 bridgehead atoms. The third kappa shape index (κ3) is 4.29. The first-order valence-corrected chi connectivity index (χ1v) is 12.1. The van der Waals surface area contributed by atoms with Crippen LogP contribution in [-0.2, 0) is 10.0 Å². The first kappa shape index (κ1) is 21.4. The zero-order chi connectivity index (χ0) is 22.8. The number of hydrogen-bond donors (Lipinski definition) is 0. The molecule has 0 N–H and O–H groups in total. The molecule has 1 aromatic heterocycles. The normalized spacial score (nSPS) is 16.9. The van der Waals surface area contributed by atoms with Crippen molar-refractivity contribution in [2.75, 3.05) is 39.4 Å². The van der Waals surface area contributed by atoms with Crippen LogP contribution >= 0.6 is 0 Å². The van der Waals surface area contributed by atoms with Gasteiger partial charge in [-0.3, -0.25) is 4.79 Å². The molecule has 2 aromatic carbocycles. The van der Waals surface area contributed by atoms with Crippen molar-refractivity contribution in [1.29, 1.82) is 0 Å². The fourth-order valence-electron chi connectivity index (χ4n) is 3.87. The number of benzene rings is 2. The van der Waals surface area contributed by atoms with Crippen molar-refractivity contribution in [3.8, 4) is 17.2 Å². The lowest BCUT2D eigenvalue weighted by atomic mass is 10.1. The van der Waals surface area contributed by atoms with E-state index in [2.05, 4.69) is 10.1 Å². The number of amides is 1. The van der Waals surface area contributed by atoms with Gasteiger partial charge in [-0.2, -0.15) is 9.40 Å². The lowest BCUT2D eigenvalue weighted by Crippen LogP contribution is -2.50. The average Bonchev–Trinajstić information content (AvgIpc) is 3.29. The van der Waals surface area contributed by atoms with Crippen LogP contribution in [0.5, 0.6) is 11.5 Å². The van der Waals surface area contributed by atoms with E-state index in [1.807, 2.05) is 0 Å². The summed E-state index contributed by atoms with van der Waals surface area (Å²) < 4.78 is 40.6. The zero-order valence-corrected chi connectivity index (χ0v) is 18.6. The smallest absolute Gasteiger partial charge is 0.253 e. The molecule has 0 atom stereocenters. The van der Waals surface area contributed by atoms with Crippen LogP contribution in [0.2, 0.25) is 0 Å². The van der Waals surface area contributed by atoms with Gasteiger partial charge in [-0.1, -0.05) is 0 Å². The Morgan fingerprint density at radius 2 is 1.64 bits per heavy atom. The number of sulfonamides is 1. The molecule has 0 aliphatic carbocycles. The standard InChI is InChI=1S/C22H23N5O5S/c28-22(17-2-4-18(5-3-17)27-16-23-15-24-27)25-8-10-26(11-9-25)33(29,30)19-6-7-20-21(14-19)32-13-1-12-31-20/h2-7,14-16H,1,8-13H2. The van der Waals surface area contributed by atoms with Gasteiger partial charge in [0.15, 0.2) is 11.5 Å². The molecule has 0 unspecified atom stereocenters. The molecule has 2 aliphatic rings. The zero-order valence-electron chi connectivity index (χ0n) is 17.8. The van der Waals surface area contributed by atoms with E-state index in [-0.39, 0.29) is 23.9 Å². The fourth-order valence-corrected chi connectivity index (χ4v) is 5.30. The second kappa shape index (κ2) is 8.83. The van der Waals surface area contributed by atoms with Crippen molar-refractivity contribution in [2.24, 2.45) is 0 Å². The summed E-state index contributed by atoms with van der Waals surface area (Å²) in [6.45, 7) is 2.09. The largest absolute Gasteiger partial charge is 0.490 e. The van der Waals surface area contributed by atoms with Crippen molar-refractivity contribution < 1.29 is 22.7 Å². The van der Waals surface area contributed by atoms with Gasteiger partial charge in [-0.15, -0.1) is 0 Å². The van der Waals surface area contributed by atoms with E-state index in [1.54, 1.807) is 46.2 Å². The van der Waals surface area contributed by atoms with Gasteiger partial charge in [0.2, 0.25) is 10.0 Å². The molecular formula is C22H23N5O5S. The number of hydrogen-bond acceptors (Lipinski definition) is 7. The lowest BCUT2D eigenvalue weighted by molar-refractivity contribution is 0.0698. The van der Waals surface area contributed by atoms with Gasteiger partial charge in [-0.25, -0.2) is 18.1 Å². The topological polar surface area (TPSA) is 107 Å². The number of piperazine rings is 1. The fraction of sp³-hybridized carbons (Fsp3) is 0.318. The third-order valence-electron chi connectivity index (χ3n) is 5.68. The summed E-state index contributed by atoms with van der Waals surface area (Å²) in [7, 11) is -3.71. The number of nitrogens with zero attached hydrogens (tertiary/aromatic N) is 5. The van der Waals surface area contributed by atoms with E-state index < -0.39 is 10.0 Å². The predicted molar refractivity (Wildman–Crippen MR) is 118 cm³/mol. The molecular weight excluding hydrogens is 446 g/mol. The van der Waals surface area contributed by atoms with Crippen LogP contribution in [0.4, 0.5) is 0 Å². The van der Waals surface area contributed by atoms with Crippen LogP contribution in [0.15, 0.2) is 60.0 Å². The summed E-state index contributed by atoms with van der Waals surface area (Å²) >= 11 is 0. The minimum atomic E-state index is -3.71. The molecule has 0 spiro atoms. The van der Waals surface area contributed by atoms with Crippen molar-refractivity contribution in [1.82, 2.24) is 24.0 Å². The highest BCUT2D eigenvalue weighted by atomic mass is 32.2. The van der Waals surface area contributed by atoms with Gasteiger partial charge in [0.05, 0.1) is 23.8 Å². The van der Waals surface area contributed by atoms with E-state index in [4.69, 9.17) is 9.47 Å². The maximum atomic E-state index is 13.2. The second-order valence-electron chi connectivity index (χ2n) is 7.74. The highest BCUT2D eigenvalue weighted by Gasteiger charge is 2.31. The van der Waals surface area contributed by atoms with Crippen LogP contribution in [0, 0.1) is 0 Å². The highest BCUT2D eigenvalue weighted by molar-refractivity contribution is 7.89. The molecule has 172 valence electrons. The van der Waals surface area contributed by atoms with Gasteiger partial charge in [0.25, 0.3) is 5.91 Å². The molecule has 0 radical (unpaired) electrons. The molecule has 33 heavy (non-hydrogen) atoms. The summed E-state index contributed by atoms with van der Waals surface area (Å²) in [6, 6.07) is 11.8. The number of rotatable bonds is 4. The van der Waals surface area contributed by atoms with Gasteiger partial charge >= 0.3 is 0 Å². The Labute approximate surface area is 191 Å². The van der Waals surface area contributed by atoms with Gasteiger partial charge in [-0.05, 0) is 36.4 Å². The average molecular weight is 470 g/mol. The number of carbonyl (C=O) groups excluding carboxylic acids is 1. The van der Waals surface area contributed by atoms with Crippen LogP contribution in [0.3, 0.4) is 0 Å². The first-order valence-electron chi connectivity index (χ1n) is 10.7. The Morgan fingerprint density at radius 1 is 0.909 bits per heavy atom. The summed E-state index contributed by atoms with van der Waals surface area (Å²) in [5.41, 5.74) is 1.34. The Hall–Kier alpha value is -3.44. The number of carbonyl (C=O) groups is 1. The maximum Gasteiger partial charge on any atom is 0.253 e. The molecule has 1 amide bonds. The molecule has 11 heteroatoms. The number of fused-ring (bicyclic) bond motifs is 1. The minimum absolute atomic E-state index is 0.132. The van der Waals surface area contributed by atoms with Crippen molar-refractivity contribution in [3.05, 3.63) is 60.7 Å². The van der Waals surface area contributed by atoms with Crippen molar-refractivity contribution in [3.63, 3.8) is 0 Å². The van der Waals surface area contributed by atoms with Crippen LogP contribution in [-0.4, -0.2) is 77.7 Å². The first-order chi connectivity index (χ1) is 16.0. The summed E-state index contributed by atoms with van der Waals surface area (Å²) in [6.07, 6.45) is 3.77. The van der Waals surface area contributed by atoms with Crippen molar-refractivity contribution in [2.45, 2.75) is 11.3 Å². The number of aromatic nitrogens is 3. The Kier molecular flexibility index (Phi) is 5.73. The van der Waals surface area contributed by atoms with E-state index in [1.165, 1.54) is 22.8 Å². The quantitative estimate of drug-likeness (QED) is 0.571. The van der Waals surface area contributed by atoms with Gasteiger partial charge < -0.3 is 14.4 Å². The van der Waals surface area contributed by atoms with E-state index >= 15 is 0 Å². The molecule has 0 saturated carbocycles. The van der Waals surface area contributed by atoms with E-state index in [9.17, 15) is 13.2 Å². The third-order valence-corrected chi connectivity index (χ3v) is 7.57. The predicted octanol–water partition coefficient (Wildman–Crippen LogP) is 1.58. The Balaban J connectivity index is 1.25. The van der Waals surface area contributed by atoms with E-state index in [0.717, 1.165) is 12.1 Å². The van der Waals surface area contributed by atoms with Crippen LogP contribution in [0.25, 0.3) is 5.69 Å². The lowest BCUT2D eigenvalue weighted by Gasteiger charge is -2.34. The Bertz CT molecular complexity index is 1240. The maximum absolute atomic E-state index is 13.2. The number of ether oxygens (including phenoxy) is 2. The minimum Gasteiger partial charge on any atom is -0.490 e. The van der Waals surface area contributed by atoms with Crippen LogP contribution < -0.4 is 9.47 Å². The molecule has 3 aromatic rings. The molecule has 1 saturated heterocycles.